The zero-order chi connectivity index (χ0) is 23.6. The van der Waals surface area contributed by atoms with Gasteiger partial charge in [-0.1, -0.05) is 54.6 Å². The fraction of sp³-hybridized carbons (Fsp3) is 0.0333. The van der Waals surface area contributed by atoms with E-state index in [1.165, 1.54) is 0 Å². The smallest absolute Gasteiger partial charge is 0.335 e. The van der Waals surface area contributed by atoms with Crippen molar-refractivity contribution >= 4 is 17.9 Å². The predicted molar refractivity (Wildman–Crippen MR) is 147 cm³/mol. The summed E-state index contributed by atoms with van der Waals surface area (Å²) in [5.74, 6) is -2.64. The number of carboxylic acid groups (broad SMARTS) is 3. The number of carboxylic acids is 3. The molecule has 37 heavy (non-hydrogen) atoms. The standard InChI is InChI=1S/3C7H6O2.C5H5.4CH3.Ti/c3*8-7(9)6-4-2-1-3-5-6;1-2-4-5-3-1;;;;;/h3*1-5H,(H,8,9);1-3H,4H2;4*1H3;/q;;;5*-1;. The third kappa shape index (κ3) is 21.3. The van der Waals surface area contributed by atoms with Crippen molar-refractivity contribution in [2.75, 3.05) is 0 Å². The van der Waals surface area contributed by atoms with Crippen molar-refractivity contribution in [3.05, 3.63) is 162 Å². The van der Waals surface area contributed by atoms with E-state index >= 15 is 0 Å². The summed E-state index contributed by atoms with van der Waals surface area (Å²) in [5.41, 5.74) is 0.993. The number of benzene rings is 3. The van der Waals surface area contributed by atoms with Gasteiger partial charge in [0.15, 0.2) is 0 Å². The van der Waals surface area contributed by atoms with Crippen LogP contribution in [-0.2, 0) is 21.7 Å². The molecule has 0 unspecified atom stereocenters. The summed E-state index contributed by atoms with van der Waals surface area (Å²) in [6.07, 6.45) is 10.0. The average Bonchev–Trinajstić information content (AvgIpc) is 3.42. The first-order chi connectivity index (χ1) is 15.4. The van der Waals surface area contributed by atoms with Crippen LogP contribution in [0.2, 0.25) is 0 Å². The van der Waals surface area contributed by atoms with Crippen molar-refractivity contribution < 1.29 is 51.4 Å². The van der Waals surface area contributed by atoms with E-state index < -0.39 is 17.9 Å². The molecule has 3 aromatic carbocycles. The number of carbonyl (C=O) groups is 3. The molecule has 0 radical (unpaired) electrons. The van der Waals surface area contributed by atoms with Crippen LogP contribution in [0.25, 0.3) is 0 Å². The monoisotopic (exact) mass is 539 g/mol. The van der Waals surface area contributed by atoms with Gasteiger partial charge in [0.05, 0.1) is 16.7 Å². The van der Waals surface area contributed by atoms with E-state index in [0.717, 1.165) is 6.42 Å². The normalized spacial score (nSPS) is 8.86. The predicted octanol–water partition coefficient (Wildman–Crippen LogP) is 7.26. The SMILES string of the molecule is O=C(O)c1ccccc1.O=C(O)c1ccccc1.O=C(O)c1ccccc1.[C-]1=CC=CC1.[CH3-].[CH3-].[CH3-].[CH3-].[Ti]. The molecule has 0 aliphatic heterocycles. The van der Waals surface area contributed by atoms with Gasteiger partial charge in [-0.25, -0.2) is 26.5 Å². The van der Waals surface area contributed by atoms with Crippen molar-refractivity contribution in [3.63, 3.8) is 0 Å². The fourth-order valence-corrected chi connectivity index (χ4v) is 2.08. The molecule has 3 aromatic rings. The van der Waals surface area contributed by atoms with E-state index in [1.54, 1.807) is 91.0 Å². The number of allylic oxidation sites excluding steroid dienone is 4. The van der Waals surface area contributed by atoms with E-state index in [9.17, 15) is 14.4 Å². The average molecular weight is 539 g/mol. The van der Waals surface area contributed by atoms with Gasteiger partial charge in [0, 0.05) is 21.7 Å². The Bertz CT molecular complexity index is 890. The third-order valence-corrected chi connectivity index (χ3v) is 3.65. The Morgan fingerprint density at radius 3 is 0.919 bits per heavy atom. The maximum absolute atomic E-state index is 10.2. The molecule has 0 heterocycles. The molecular formula is C30H35O6Ti-5. The Balaban J connectivity index is -0.000000120. The van der Waals surface area contributed by atoms with Crippen LogP contribution in [0.4, 0.5) is 0 Å². The molecule has 0 spiro atoms. The maximum Gasteiger partial charge on any atom is 0.335 e. The first-order valence-corrected chi connectivity index (χ1v) is 9.48. The minimum absolute atomic E-state index is 0. The molecule has 200 valence electrons. The molecule has 0 amide bonds. The Hall–Kier alpha value is -3.74. The van der Waals surface area contributed by atoms with Crippen LogP contribution in [0, 0.1) is 35.8 Å². The van der Waals surface area contributed by atoms with E-state index in [1.807, 2.05) is 12.2 Å². The van der Waals surface area contributed by atoms with E-state index in [-0.39, 0.29) is 51.4 Å². The summed E-state index contributed by atoms with van der Waals surface area (Å²) in [5, 5.41) is 25.2. The molecule has 3 N–H and O–H groups in total. The summed E-state index contributed by atoms with van der Waals surface area (Å²) in [6.45, 7) is 0. The fourth-order valence-electron chi connectivity index (χ4n) is 2.08. The van der Waals surface area contributed by atoms with Gasteiger partial charge in [0.1, 0.15) is 0 Å². The topological polar surface area (TPSA) is 112 Å². The van der Waals surface area contributed by atoms with Crippen LogP contribution >= 0.6 is 0 Å². The molecule has 0 atom stereocenters. The van der Waals surface area contributed by atoms with Gasteiger partial charge >= 0.3 is 17.9 Å². The van der Waals surface area contributed by atoms with Gasteiger partial charge in [-0.2, -0.15) is 6.08 Å². The first kappa shape index (κ1) is 43.3. The van der Waals surface area contributed by atoms with E-state index in [0.29, 0.717) is 16.7 Å². The van der Waals surface area contributed by atoms with Crippen LogP contribution in [0.5, 0.6) is 0 Å². The summed E-state index contributed by atoms with van der Waals surface area (Å²) in [7, 11) is 0. The van der Waals surface area contributed by atoms with Crippen LogP contribution in [-0.4, -0.2) is 33.2 Å². The molecule has 0 saturated carbocycles. The summed E-state index contributed by atoms with van der Waals surface area (Å²) >= 11 is 0. The largest absolute Gasteiger partial charge is 0.478 e. The quantitative estimate of drug-likeness (QED) is 0.239. The second-order valence-corrected chi connectivity index (χ2v) is 6.02. The molecule has 1 aliphatic rings. The van der Waals surface area contributed by atoms with Gasteiger partial charge < -0.3 is 45.0 Å². The molecule has 0 bridgehead atoms. The summed E-state index contributed by atoms with van der Waals surface area (Å²) in [6, 6.07) is 24.9. The van der Waals surface area contributed by atoms with Gasteiger partial charge in [0.25, 0.3) is 0 Å². The Kier molecular flexibility index (Phi) is 31.5. The van der Waals surface area contributed by atoms with Crippen LogP contribution in [0.1, 0.15) is 37.5 Å². The van der Waals surface area contributed by atoms with Crippen molar-refractivity contribution in [2.45, 2.75) is 6.42 Å². The van der Waals surface area contributed by atoms with Crippen LogP contribution in [0.3, 0.4) is 0 Å². The molecular weight excluding hydrogens is 504 g/mol. The summed E-state index contributed by atoms with van der Waals surface area (Å²) < 4.78 is 0. The Morgan fingerprint density at radius 2 is 0.811 bits per heavy atom. The van der Waals surface area contributed by atoms with E-state index in [4.69, 9.17) is 15.3 Å². The number of hydrogen-bond acceptors (Lipinski definition) is 3. The van der Waals surface area contributed by atoms with Gasteiger partial charge in [-0.15, -0.1) is 6.42 Å². The van der Waals surface area contributed by atoms with E-state index in [2.05, 4.69) is 12.2 Å². The minimum Gasteiger partial charge on any atom is -0.478 e. The second-order valence-electron chi connectivity index (χ2n) is 6.02. The minimum atomic E-state index is -0.879. The van der Waals surface area contributed by atoms with Crippen molar-refractivity contribution in [2.24, 2.45) is 0 Å². The molecule has 7 heteroatoms. The van der Waals surface area contributed by atoms with Crippen molar-refractivity contribution in [1.82, 2.24) is 0 Å². The number of hydrogen-bond donors (Lipinski definition) is 3. The second kappa shape index (κ2) is 26.9. The maximum atomic E-state index is 10.2. The zero-order valence-electron chi connectivity index (χ0n) is 21.7. The zero-order valence-corrected chi connectivity index (χ0v) is 23.2. The van der Waals surface area contributed by atoms with Gasteiger partial charge in [0.2, 0.25) is 0 Å². The van der Waals surface area contributed by atoms with Crippen molar-refractivity contribution in [1.29, 1.82) is 0 Å². The van der Waals surface area contributed by atoms with Crippen molar-refractivity contribution in [3.8, 4) is 0 Å². The first-order valence-electron chi connectivity index (χ1n) is 9.48. The molecule has 6 nitrogen and oxygen atoms in total. The molecule has 1 aliphatic carbocycles. The molecule has 0 aromatic heterocycles. The number of rotatable bonds is 3. The van der Waals surface area contributed by atoms with Crippen LogP contribution < -0.4 is 0 Å². The Morgan fingerprint density at radius 1 is 0.541 bits per heavy atom. The van der Waals surface area contributed by atoms with Gasteiger partial charge in [-0.3, -0.25) is 6.08 Å². The van der Waals surface area contributed by atoms with Crippen LogP contribution in [0.15, 0.2) is 109 Å². The molecule has 4 rings (SSSR count). The molecule has 0 fully saturated rings. The number of aromatic carboxylic acids is 3. The Labute approximate surface area is 236 Å². The molecule has 0 saturated heterocycles. The third-order valence-electron chi connectivity index (χ3n) is 3.65. The van der Waals surface area contributed by atoms with Gasteiger partial charge in [-0.05, 0) is 36.4 Å². The summed E-state index contributed by atoms with van der Waals surface area (Å²) in [4.78, 5) is 30.6.